The van der Waals surface area contributed by atoms with Crippen molar-refractivity contribution < 1.29 is 9.53 Å². The van der Waals surface area contributed by atoms with Crippen LogP contribution in [0.1, 0.15) is 25.8 Å². The van der Waals surface area contributed by atoms with E-state index in [4.69, 9.17) is 16.3 Å². The second kappa shape index (κ2) is 9.61. The molecule has 0 bridgehead atoms. The Balaban J connectivity index is 2.08. The van der Waals surface area contributed by atoms with Crippen LogP contribution >= 0.6 is 11.6 Å². The average Bonchev–Trinajstić information content (AvgIpc) is 2.41. The summed E-state index contributed by atoms with van der Waals surface area (Å²) in [6.07, 6.45) is 0.812. The number of halogens is 1. The topological polar surface area (TPSA) is 50.4 Å². The van der Waals surface area contributed by atoms with E-state index in [2.05, 4.69) is 24.5 Å². The van der Waals surface area contributed by atoms with Crippen LogP contribution in [0.5, 0.6) is 0 Å². The van der Waals surface area contributed by atoms with Crippen molar-refractivity contribution in [3.63, 3.8) is 0 Å². The number of nitrogens with one attached hydrogen (secondary N) is 2. The van der Waals surface area contributed by atoms with Gasteiger partial charge in [-0.1, -0.05) is 43.6 Å². The monoisotopic (exact) mass is 298 g/mol. The molecule has 0 fully saturated rings. The Morgan fingerprint density at radius 3 is 2.75 bits per heavy atom. The van der Waals surface area contributed by atoms with Gasteiger partial charge in [-0.25, -0.2) is 4.79 Å². The first kappa shape index (κ1) is 16.8. The number of hydrogen-bond acceptors (Lipinski definition) is 2. The minimum absolute atomic E-state index is 0.186. The predicted octanol–water partition coefficient (Wildman–Crippen LogP) is 3.20. The van der Waals surface area contributed by atoms with Crippen LogP contribution in [0.4, 0.5) is 4.79 Å². The van der Waals surface area contributed by atoms with Crippen LogP contribution in [0.3, 0.4) is 0 Å². The Bertz CT molecular complexity index is 411. The van der Waals surface area contributed by atoms with Gasteiger partial charge in [0.2, 0.25) is 0 Å². The van der Waals surface area contributed by atoms with Crippen molar-refractivity contribution in [3.05, 3.63) is 34.9 Å². The minimum Gasteiger partial charge on any atom is -0.381 e. The van der Waals surface area contributed by atoms with Crippen LogP contribution in [0.2, 0.25) is 5.02 Å². The molecule has 0 aliphatic carbocycles. The molecule has 0 atom stereocenters. The molecular formula is C15H23ClN2O2. The lowest BCUT2D eigenvalue weighted by atomic mass is 10.2. The molecule has 1 rings (SSSR count). The lowest BCUT2D eigenvalue weighted by molar-refractivity contribution is 0.108. The molecule has 4 nitrogen and oxygen atoms in total. The summed E-state index contributed by atoms with van der Waals surface area (Å²) in [5.41, 5.74) is 0.907. The summed E-state index contributed by atoms with van der Waals surface area (Å²) in [7, 11) is 0. The van der Waals surface area contributed by atoms with Crippen molar-refractivity contribution in [1.29, 1.82) is 0 Å². The second-order valence-corrected chi connectivity index (χ2v) is 5.43. The summed E-state index contributed by atoms with van der Waals surface area (Å²) in [4.78, 5) is 11.6. The number of hydrogen-bond donors (Lipinski definition) is 2. The maximum Gasteiger partial charge on any atom is 0.315 e. The zero-order valence-electron chi connectivity index (χ0n) is 12.1. The van der Waals surface area contributed by atoms with Gasteiger partial charge in [-0.15, -0.1) is 0 Å². The van der Waals surface area contributed by atoms with Crippen LogP contribution in [-0.2, 0) is 11.3 Å². The van der Waals surface area contributed by atoms with E-state index in [0.717, 1.165) is 18.6 Å². The van der Waals surface area contributed by atoms with Gasteiger partial charge in [0.05, 0.1) is 0 Å². The third kappa shape index (κ3) is 7.36. The highest BCUT2D eigenvalue weighted by atomic mass is 35.5. The van der Waals surface area contributed by atoms with Crippen LogP contribution in [-0.4, -0.2) is 25.8 Å². The molecule has 0 spiro atoms. The zero-order chi connectivity index (χ0) is 14.8. The Labute approximate surface area is 125 Å². The SMILES string of the molecule is CC(C)COCCCNC(=O)NCc1ccccc1Cl. The van der Waals surface area contributed by atoms with E-state index in [1.807, 2.05) is 24.3 Å². The zero-order valence-corrected chi connectivity index (χ0v) is 12.9. The van der Waals surface area contributed by atoms with E-state index < -0.39 is 0 Å². The molecule has 5 heteroatoms. The van der Waals surface area contributed by atoms with Crippen LogP contribution in [0.25, 0.3) is 0 Å². The Hall–Kier alpha value is -1.26. The molecule has 0 unspecified atom stereocenters. The highest BCUT2D eigenvalue weighted by molar-refractivity contribution is 6.31. The molecule has 0 aliphatic heterocycles. The van der Waals surface area contributed by atoms with Crippen molar-refractivity contribution >= 4 is 17.6 Å². The molecule has 2 N–H and O–H groups in total. The van der Waals surface area contributed by atoms with E-state index in [0.29, 0.717) is 30.6 Å². The summed E-state index contributed by atoms with van der Waals surface area (Å²) in [6, 6.07) is 7.27. The number of benzene rings is 1. The molecule has 2 amide bonds. The molecule has 0 saturated heterocycles. The summed E-state index contributed by atoms with van der Waals surface area (Å²) in [5.74, 6) is 0.543. The van der Waals surface area contributed by atoms with E-state index >= 15 is 0 Å². The van der Waals surface area contributed by atoms with Gasteiger partial charge in [0.1, 0.15) is 0 Å². The van der Waals surface area contributed by atoms with Crippen molar-refractivity contribution in [1.82, 2.24) is 10.6 Å². The van der Waals surface area contributed by atoms with Gasteiger partial charge >= 0.3 is 6.03 Å². The lowest BCUT2D eigenvalue weighted by Crippen LogP contribution is -2.36. The highest BCUT2D eigenvalue weighted by Gasteiger charge is 2.02. The molecule has 0 radical (unpaired) electrons. The van der Waals surface area contributed by atoms with Crippen molar-refractivity contribution in [3.8, 4) is 0 Å². The number of carbonyl (C=O) groups is 1. The first-order valence-electron chi connectivity index (χ1n) is 6.92. The van der Waals surface area contributed by atoms with Crippen LogP contribution in [0.15, 0.2) is 24.3 Å². The second-order valence-electron chi connectivity index (χ2n) is 5.02. The third-order valence-electron chi connectivity index (χ3n) is 2.60. The summed E-state index contributed by atoms with van der Waals surface area (Å²) < 4.78 is 5.43. The molecule has 0 aromatic heterocycles. The molecule has 1 aromatic carbocycles. The summed E-state index contributed by atoms with van der Waals surface area (Å²) in [6.45, 7) is 6.68. The van der Waals surface area contributed by atoms with Gasteiger partial charge in [-0.3, -0.25) is 0 Å². The van der Waals surface area contributed by atoms with Crippen LogP contribution in [0, 0.1) is 5.92 Å². The normalized spacial score (nSPS) is 10.6. The summed E-state index contributed by atoms with van der Waals surface area (Å²) >= 11 is 6.01. The average molecular weight is 299 g/mol. The Kier molecular flexibility index (Phi) is 8.07. The first-order valence-corrected chi connectivity index (χ1v) is 7.30. The van der Waals surface area contributed by atoms with Gasteiger partial charge in [-0.2, -0.15) is 0 Å². The maximum absolute atomic E-state index is 11.6. The van der Waals surface area contributed by atoms with Gasteiger partial charge in [-0.05, 0) is 24.0 Å². The number of rotatable bonds is 8. The standard InChI is InChI=1S/C15H23ClN2O2/c1-12(2)11-20-9-5-8-17-15(19)18-10-13-6-3-4-7-14(13)16/h3-4,6-7,12H,5,8-11H2,1-2H3,(H2,17,18,19). The number of urea groups is 1. The van der Waals surface area contributed by atoms with E-state index in [1.165, 1.54) is 0 Å². The Morgan fingerprint density at radius 2 is 2.05 bits per heavy atom. The fraction of sp³-hybridized carbons (Fsp3) is 0.533. The minimum atomic E-state index is -0.186. The van der Waals surface area contributed by atoms with Crippen molar-refractivity contribution in [2.45, 2.75) is 26.8 Å². The molecule has 0 saturated carbocycles. The van der Waals surface area contributed by atoms with Gasteiger partial charge in [0, 0.05) is 31.3 Å². The number of carbonyl (C=O) groups excluding carboxylic acids is 1. The van der Waals surface area contributed by atoms with Gasteiger partial charge in [0.15, 0.2) is 0 Å². The lowest BCUT2D eigenvalue weighted by Gasteiger charge is -2.09. The van der Waals surface area contributed by atoms with Crippen molar-refractivity contribution in [2.24, 2.45) is 5.92 Å². The smallest absolute Gasteiger partial charge is 0.315 e. The molecule has 1 aromatic rings. The maximum atomic E-state index is 11.6. The largest absolute Gasteiger partial charge is 0.381 e. The van der Waals surface area contributed by atoms with E-state index in [-0.39, 0.29) is 6.03 Å². The van der Waals surface area contributed by atoms with E-state index in [1.54, 1.807) is 0 Å². The predicted molar refractivity (Wildman–Crippen MR) is 82.0 cm³/mol. The van der Waals surface area contributed by atoms with Gasteiger partial charge < -0.3 is 15.4 Å². The molecule has 0 aliphatic rings. The number of amides is 2. The quantitative estimate of drug-likeness (QED) is 0.724. The highest BCUT2D eigenvalue weighted by Crippen LogP contribution is 2.13. The molecule has 0 heterocycles. The fourth-order valence-corrected chi connectivity index (χ4v) is 1.78. The fourth-order valence-electron chi connectivity index (χ4n) is 1.57. The Morgan fingerprint density at radius 1 is 1.30 bits per heavy atom. The molecular weight excluding hydrogens is 276 g/mol. The molecule has 20 heavy (non-hydrogen) atoms. The van der Waals surface area contributed by atoms with Gasteiger partial charge in [0.25, 0.3) is 0 Å². The van der Waals surface area contributed by atoms with Crippen LogP contribution < -0.4 is 10.6 Å². The number of ether oxygens (including phenoxy) is 1. The first-order chi connectivity index (χ1) is 9.59. The molecule has 112 valence electrons. The third-order valence-corrected chi connectivity index (χ3v) is 2.97. The summed E-state index contributed by atoms with van der Waals surface area (Å²) in [5, 5.41) is 6.22. The van der Waals surface area contributed by atoms with Crippen molar-refractivity contribution in [2.75, 3.05) is 19.8 Å². The van der Waals surface area contributed by atoms with E-state index in [9.17, 15) is 4.79 Å².